The second kappa shape index (κ2) is 5.82. The molecular weight excluding hydrogens is 336 g/mol. The number of pyridine rings is 1. The molecule has 1 atom stereocenters. The van der Waals surface area contributed by atoms with E-state index in [1.165, 1.54) is 0 Å². The summed E-state index contributed by atoms with van der Waals surface area (Å²) < 4.78 is 13.1. The smallest absolute Gasteiger partial charge is 0.0621 e. The lowest BCUT2D eigenvalue weighted by atomic mass is 10.3. The number of aromatic nitrogens is 1. The van der Waals surface area contributed by atoms with Gasteiger partial charge in [-0.3, -0.25) is 9.19 Å². The molecule has 0 saturated heterocycles. The fourth-order valence-electron chi connectivity index (χ4n) is 1.49. The quantitative estimate of drug-likeness (QED) is 0.868. The third-order valence-electron chi connectivity index (χ3n) is 2.28. The van der Waals surface area contributed by atoms with Crippen LogP contribution in [0.25, 0.3) is 0 Å². The second-order valence-corrected chi connectivity index (χ2v) is 6.46. The van der Waals surface area contributed by atoms with E-state index in [1.54, 1.807) is 30.6 Å². The number of benzene rings is 1. The van der Waals surface area contributed by atoms with Gasteiger partial charge in [-0.15, -0.1) is 0 Å². The van der Waals surface area contributed by atoms with Crippen molar-refractivity contribution in [3.8, 4) is 0 Å². The first kappa shape index (κ1) is 13.5. The van der Waals surface area contributed by atoms with Crippen molar-refractivity contribution in [2.24, 2.45) is 0 Å². The standard InChI is InChI=1S/C12H10BrClN2OS/c13-9-3-8(5-16-6-9)7-18(17)12-2-1-10(14)4-11(12)15/h1-6H,7,15H2. The lowest BCUT2D eigenvalue weighted by Gasteiger charge is -2.06. The molecule has 0 aliphatic rings. The predicted octanol–water partition coefficient (Wildman–Crippen LogP) is 3.39. The van der Waals surface area contributed by atoms with Crippen LogP contribution in [-0.2, 0) is 16.6 Å². The summed E-state index contributed by atoms with van der Waals surface area (Å²) in [5.41, 5.74) is 7.14. The highest BCUT2D eigenvalue weighted by Gasteiger charge is 2.09. The first-order chi connectivity index (χ1) is 8.56. The molecule has 0 amide bonds. The zero-order valence-electron chi connectivity index (χ0n) is 9.27. The van der Waals surface area contributed by atoms with E-state index in [4.69, 9.17) is 17.3 Å². The Labute approximate surface area is 121 Å². The Hall–Kier alpha value is -0.910. The fraction of sp³-hybridized carbons (Fsp3) is 0.0833. The monoisotopic (exact) mass is 344 g/mol. The number of nitrogen functional groups attached to an aromatic ring is 1. The summed E-state index contributed by atoms with van der Waals surface area (Å²) in [5, 5.41) is 0.539. The highest BCUT2D eigenvalue weighted by Crippen LogP contribution is 2.23. The normalized spacial score (nSPS) is 12.3. The SMILES string of the molecule is Nc1cc(Cl)ccc1S(=O)Cc1cncc(Br)c1. The van der Waals surface area contributed by atoms with Crippen molar-refractivity contribution < 1.29 is 4.21 Å². The summed E-state index contributed by atoms with van der Waals surface area (Å²) in [4.78, 5) is 4.63. The number of anilines is 1. The molecule has 1 aromatic heterocycles. The molecule has 0 fully saturated rings. The minimum absolute atomic E-state index is 0.373. The van der Waals surface area contributed by atoms with E-state index < -0.39 is 10.8 Å². The largest absolute Gasteiger partial charge is 0.398 e. The first-order valence-electron chi connectivity index (χ1n) is 5.09. The molecule has 1 aromatic carbocycles. The van der Waals surface area contributed by atoms with Gasteiger partial charge in [0, 0.05) is 27.6 Å². The van der Waals surface area contributed by atoms with Gasteiger partial charge in [-0.1, -0.05) is 11.6 Å². The Balaban J connectivity index is 2.22. The van der Waals surface area contributed by atoms with Gasteiger partial charge in [-0.2, -0.15) is 0 Å². The Morgan fingerprint density at radius 2 is 2.11 bits per heavy atom. The number of nitrogens with zero attached hydrogens (tertiary/aromatic N) is 1. The van der Waals surface area contributed by atoms with Gasteiger partial charge in [0.2, 0.25) is 0 Å². The van der Waals surface area contributed by atoms with Crippen LogP contribution in [0.2, 0.25) is 5.02 Å². The highest BCUT2D eigenvalue weighted by atomic mass is 79.9. The Bertz CT molecular complexity index is 606. The van der Waals surface area contributed by atoms with Gasteiger partial charge < -0.3 is 5.73 Å². The molecule has 0 radical (unpaired) electrons. The van der Waals surface area contributed by atoms with Crippen LogP contribution >= 0.6 is 27.5 Å². The van der Waals surface area contributed by atoms with Crippen molar-refractivity contribution in [1.82, 2.24) is 4.98 Å². The minimum atomic E-state index is -1.21. The molecule has 2 aromatic rings. The van der Waals surface area contributed by atoms with Crippen LogP contribution in [0.5, 0.6) is 0 Å². The van der Waals surface area contributed by atoms with Crippen LogP contribution in [0.1, 0.15) is 5.56 Å². The topological polar surface area (TPSA) is 56.0 Å². The molecule has 18 heavy (non-hydrogen) atoms. The zero-order chi connectivity index (χ0) is 13.1. The van der Waals surface area contributed by atoms with Crippen LogP contribution in [0.15, 0.2) is 46.0 Å². The summed E-state index contributed by atoms with van der Waals surface area (Å²) in [5.74, 6) is 0.373. The van der Waals surface area contributed by atoms with Crippen molar-refractivity contribution in [2.75, 3.05) is 5.73 Å². The van der Waals surface area contributed by atoms with Crippen LogP contribution < -0.4 is 5.73 Å². The molecule has 6 heteroatoms. The lowest BCUT2D eigenvalue weighted by Crippen LogP contribution is -2.01. The Morgan fingerprint density at radius 1 is 1.33 bits per heavy atom. The van der Waals surface area contributed by atoms with Crippen molar-refractivity contribution in [2.45, 2.75) is 10.6 Å². The van der Waals surface area contributed by atoms with Gasteiger partial charge in [-0.25, -0.2) is 0 Å². The van der Waals surface area contributed by atoms with Crippen molar-refractivity contribution in [3.05, 3.63) is 51.7 Å². The molecule has 2 rings (SSSR count). The molecule has 0 bridgehead atoms. The first-order valence-corrected chi connectivity index (χ1v) is 7.58. The Morgan fingerprint density at radius 3 is 2.78 bits per heavy atom. The number of nitrogens with two attached hydrogens (primary N) is 1. The van der Waals surface area contributed by atoms with Crippen molar-refractivity contribution in [3.63, 3.8) is 0 Å². The minimum Gasteiger partial charge on any atom is -0.398 e. The average molecular weight is 346 g/mol. The maximum Gasteiger partial charge on any atom is 0.0621 e. The van der Waals surface area contributed by atoms with E-state index in [9.17, 15) is 4.21 Å². The number of halogens is 2. The third kappa shape index (κ3) is 3.31. The number of hydrogen-bond acceptors (Lipinski definition) is 3. The maximum absolute atomic E-state index is 12.2. The predicted molar refractivity (Wildman–Crippen MR) is 77.9 cm³/mol. The van der Waals surface area contributed by atoms with E-state index >= 15 is 0 Å². The van der Waals surface area contributed by atoms with Crippen LogP contribution in [0, 0.1) is 0 Å². The van der Waals surface area contributed by atoms with Crippen LogP contribution in [0.3, 0.4) is 0 Å². The number of rotatable bonds is 3. The van der Waals surface area contributed by atoms with Crippen molar-refractivity contribution >= 4 is 44.0 Å². The number of hydrogen-bond donors (Lipinski definition) is 1. The molecule has 94 valence electrons. The van der Waals surface area contributed by atoms with Gasteiger partial charge in [0.15, 0.2) is 0 Å². The summed E-state index contributed by atoms with van der Waals surface area (Å²) in [6.07, 6.45) is 3.37. The summed E-state index contributed by atoms with van der Waals surface area (Å²) >= 11 is 9.14. The van der Waals surface area contributed by atoms with Gasteiger partial charge in [0.05, 0.1) is 21.4 Å². The molecule has 2 N–H and O–H groups in total. The average Bonchev–Trinajstić information content (AvgIpc) is 2.28. The molecule has 3 nitrogen and oxygen atoms in total. The Kier molecular flexibility index (Phi) is 4.37. The van der Waals surface area contributed by atoms with E-state index in [0.717, 1.165) is 10.0 Å². The van der Waals surface area contributed by atoms with Crippen LogP contribution in [-0.4, -0.2) is 9.19 Å². The molecule has 1 heterocycles. The maximum atomic E-state index is 12.2. The summed E-state index contributed by atoms with van der Waals surface area (Å²) in [6, 6.07) is 6.87. The van der Waals surface area contributed by atoms with Gasteiger partial charge in [0.25, 0.3) is 0 Å². The third-order valence-corrected chi connectivity index (χ3v) is 4.40. The highest BCUT2D eigenvalue weighted by molar-refractivity contribution is 9.10. The molecule has 0 saturated carbocycles. The fourth-order valence-corrected chi connectivity index (χ4v) is 3.24. The van der Waals surface area contributed by atoms with Crippen LogP contribution in [0.4, 0.5) is 5.69 Å². The molecule has 0 spiro atoms. The molecular formula is C12H10BrClN2OS. The molecule has 0 aliphatic carbocycles. The summed E-state index contributed by atoms with van der Waals surface area (Å²) in [6.45, 7) is 0. The van der Waals surface area contributed by atoms with E-state index in [-0.39, 0.29) is 0 Å². The zero-order valence-corrected chi connectivity index (χ0v) is 12.4. The van der Waals surface area contributed by atoms with Gasteiger partial charge in [-0.05, 0) is 45.8 Å². The lowest BCUT2D eigenvalue weighted by molar-refractivity contribution is 0.683. The van der Waals surface area contributed by atoms with E-state index in [0.29, 0.717) is 21.4 Å². The van der Waals surface area contributed by atoms with Crippen molar-refractivity contribution in [1.29, 1.82) is 0 Å². The summed E-state index contributed by atoms with van der Waals surface area (Å²) in [7, 11) is -1.21. The second-order valence-electron chi connectivity index (χ2n) is 3.68. The molecule has 0 aliphatic heterocycles. The van der Waals surface area contributed by atoms with E-state index in [1.807, 2.05) is 6.07 Å². The molecule has 1 unspecified atom stereocenters. The van der Waals surface area contributed by atoms with Gasteiger partial charge in [0.1, 0.15) is 0 Å². The van der Waals surface area contributed by atoms with E-state index in [2.05, 4.69) is 20.9 Å². The van der Waals surface area contributed by atoms with Gasteiger partial charge >= 0.3 is 0 Å².